The van der Waals surface area contributed by atoms with Gasteiger partial charge >= 0.3 is 18.5 Å². The van der Waals surface area contributed by atoms with Crippen LogP contribution in [0.25, 0.3) is 77.2 Å². The highest BCUT2D eigenvalue weighted by atomic mass is 19.4. The molecule has 0 spiro atoms. The van der Waals surface area contributed by atoms with E-state index in [1.807, 2.05) is 0 Å². The first kappa shape index (κ1) is 38.0. The minimum Gasteiger partial charge on any atom is -0.309 e. The lowest BCUT2D eigenvalue weighted by atomic mass is 9.93. The molecule has 9 aromatic rings. The summed E-state index contributed by atoms with van der Waals surface area (Å²) in [5, 5.41) is 20.9. The average Bonchev–Trinajstić information content (AvgIpc) is 3.74. The molecule has 9 rings (SSSR count). The van der Waals surface area contributed by atoms with Crippen molar-refractivity contribution in [2.45, 2.75) is 18.5 Å². The first-order valence-electron chi connectivity index (χ1n) is 18.1. The molecule has 0 saturated carbocycles. The Morgan fingerprint density at radius 3 is 1.30 bits per heavy atom. The largest absolute Gasteiger partial charge is 0.417 e. The predicted molar refractivity (Wildman–Crippen MR) is 210 cm³/mol. The number of alkyl halides is 9. The van der Waals surface area contributed by atoms with Crippen LogP contribution in [0.15, 0.2) is 140 Å². The monoisotopic (exact) mass is 814 g/mol. The second kappa shape index (κ2) is 13.5. The van der Waals surface area contributed by atoms with E-state index in [4.69, 9.17) is 0 Å². The number of aromatic nitrogens is 2. The van der Waals surface area contributed by atoms with Crippen LogP contribution in [0, 0.1) is 22.7 Å². The molecular weight excluding hydrogens is 792 g/mol. The minimum atomic E-state index is -4.88. The van der Waals surface area contributed by atoms with Crippen LogP contribution in [0.1, 0.15) is 27.8 Å². The molecule has 4 nitrogen and oxygen atoms in total. The summed E-state index contributed by atoms with van der Waals surface area (Å²) in [6.07, 6.45) is -14.2. The second-order valence-corrected chi connectivity index (χ2v) is 14.1. The lowest BCUT2D eigenvalue weighted by molar-refractivity contribution is -0.138. The molecule has 0 aliphatic rings. The average molecular weight is 815 g/mol. The van der Waals surface area contributed by atoms with Crippen molar-refractivity contribution < 1.29 is 39.5 Å². The SMILES string of the molecule is N#Cc1ccc(-c2ccc(-c3ccc(C#N)cc3C(F)(F)F)cc2-n2c3ccccc3c3cc(C(F)(F)F)ccc32)c(-n2c3ccccc3c3cc(C(F)(F)F)ccc32)c1. The molecule has 0 atom stereocenters. The molecule has 2 aromatic heterocycles. The fraction of sp³-hybridized carbons (Fsp3) is 0.0638. The highest BCUT2D eigenvalue weighted by Gasteiger charge is 2.35. The van der Waals surface area contributed by atoms with E-state index in [1.54, 1.807) is 81.9 Å². The third kappa shape index (κ3) is 6.18. The van der Waals surface area contributed by atoms with Crippen molar-refractivity contribution in [3.05, 3.63) is 167 Å². The third-order valence-corrected chi connectivity index (χ3v) is 10.7. The second-order valence-electron chi connectivity index (χ2n) is 14.1. The molecule has 0 unspecified atom stereocenters. The zero-order valence-corrected chi connectivity index (χ0v) is 30.5. The Balaban J connectivity index is 1.41. The molecule has 0 aliphatic carbocycles. The molecule has 0 radical (unpaired) electrons. The van der Waals surface area contributed by atoms with Gasteiger partial charge in [0.1, 0.15) is 0 Å². The van der Waals surface area contributed by atoms with Gasteiger partial charge in [-0.15, -0.1) is 0 Å². The first-order valence-corrected chi connectivity index (χ1v) is 18.1. The van der Waals surface area contributed by atoms with Gasteiger partial charge in [-0.25, -0.2) is 0 Å². The molecule has 0 saturated heterocycles. The first-order chi connectivity index (χ1) is 28.6. The summed E-state index contributed by atoms with van der Waals surface area (Å²) in [5.41, 5.74) is -0.191. The summed E-state index contributed by atoms with van der Waals surface area (Å²) in [6, 6.07) is 36.2. The van der Waals surface area contributed by atoms with Gasteiger partial charge in [-0.1, -0.05) is 60.7 Å². The van der Waals surface area contributed by atoms with E-state index in [1.165, 1.54) is 42.5 Å². The Hall–Kier alpha value is -7.51. The fourth-order valence-corrected chi connectivity index (χ4v) is 8.04. The summed E-state index contributed by atoms with van der Waals surface area (Å²) in [7, 11) is 0. The van der Waals surface area contributed by atoms with Gasteiger partial charge in [-0.3, -0.25) is 0 Å². The normalized spacial score (nSPS) is 12.4. The van der Waals surface area contributed by atoms with Gasteiger partial charge in [0.2, 0.25) is 0 Å². The van der Waals surface area contributed by atoms with Crippen LogP contribution in [0.3, 0.4) is 0 Å². The Kier molecular flexibility index (Phi) is 8.58. The lowest BCUT2D eigenvalue weighted by Crippen LogP contribution is -2.08. The Morgan fingerprint density at radius 2 is 0.817 bits per heavy atom. The van der Waals surface area contributed by atoms with Crippen molar-refractivity contribution in [1.82, 2.24) is 9.13 Å². The number of rotatable bonds is 4. The van der Waals surface area contributed by atoms with Gasteiger partial charge in [-0.05, 0) is 90.0 Å². The smallest absolute Gasteiger partial charge is 0.309 e. The fourth-order valence-electron chi connectivity index (χ4n) is 8.04. The predicted octanol–water partition coefficient (Wildman–Crippen LogP) is 14.0. The van der Waals surface area contributed by atoms with E-state index in [0.29, 0.717) is 49.7 Å². The highest BCUT2D eigenvalue weighted by molar-refractivity contribution is 6.12. The number of nitrogens with zero attached hydrogens (tertiary/aromatic N) is 4. The van der Waals surface area contributed by atoms with Crippen LogP contribution >= 0.6 is 0 Å². The molecule has 13 heteroatoms. The summed E-state index contributed by atoms with van der Waals surface area (Å²) in [5.74, 6) is 0. The summed E-state index contributed by atoms with van der Waals surface area (Å²) in [6.45, 7) is 0. The van der Waals surface area contributed by atoms with Crippen molar-refractivity contribution in [3.8, 4) is 45.8 Å². The quantitative estimate of drug-likeness (QED) is 0.166. The number of fused-ring (bicyclic) bond motifs is 6. The molecule has 0 amide bonds. The van der Waals surface area contributed by atoms with E-state index in [-0.39, 0.29) is 38.7 Å². The zero-order chi connectivity index (χ0) is 42.3. The molecule has 2 heterocycles. The van der Waals surface area contributed by atoms with Crippen molar-refractivity contribution in [1.29, 1.82) is 10.5 Å². The number of para-hydroxylation sites is 2. The maximum atomic E-state index is 14.6. The Labute approximate surface area is 333 Å². The standard InChI is InChI=1S/C47H23F9N4/c48-45(49,50)29-12-17-41-36(22-29)32-5-1-3-7-39(32)59(41)43-20-27(25-58)10-15-34(43)35-16-11-28(31-14-9-26(24-57)19-38(31)47(54,55)56)21-44(35)60-40-8-4-2-6-33(40)37-23-30(46(51,52)53)13-18-42(37)60/h1-23H. The molecule has 60 heavy (non-hydrogen) atoms. The number of halogens is 9. The molecule has 0 aliphatic heterocycles. The van der Waals surface area contributed by atoms with Gasteiger partial charge < -0.3 is 9.13 Å². The Bertz CT molecular complexity index is 3310. The van der Waals surface area contributed by atoms with Crippen LogP contribution in [-0.2, 0) is 18.5 Å². The molecule has 7 aromatic carbocycles. The minimum absolute atomic E-state index is 0.0650. The summed E-state index contributed by atoms with van der Waals surface area (Å²) < 4.78 is 132. The van der Waals surface area contributed by atoms with E-state index in [0.717, 1.165) is 30.3 Å². The number of nitriles is 2. The van der Waals surface area contributed by atoms with Crippen molar-refractivity contribution in [3.63, 3.8) is 0 Å². The van der Waals surface area contributed by atoms with Crippen LogP contribution in [0.5, 0.6) is 0 Å². The van der Waals surface area contributed by atoms with Crippen molar-refractivity contribution >= 4 is 43.6 Å². The molecule has 0 bridgehead atoms. The molecular formula is C47H23F9N4. The van der Waals surface area contributed by atoms with E-state index in [9.17, 15) is 50.0 Å². The number of benzene rings is 7. The molecule has 294 valence electrons. The van der Waals surface area contributed by atoms with Crippen LogP contribution in [0.4, 0.5) is 39.5 Å². The maximum Gasteiger partial charge on any atom is 0.417 e. The van der Waals surface area contributed by atoms with Crippen LogP contribution in [-0.4, -0.2) is 9.13 Å². The topological polar surface area (TPSA) is 57.4 Å². The van der Waals surface area contributed by atoms with E-state index < -0.39 is 35.2 Å². The van der Waals surface area contributed by atoms with Gasteiger partial charge in [0.15, 0.2) is 0 Å². The Morgan fingerprint density at radius 1 is 0.383 bits per heavy atom. The lowest BCUT2D eigenvalue weighted by Gasteiger charge is -2.21. The summed E-state index contributed by atoms with van der Waals surface area (Å²) >= 11 is 0. The van der Waals surface area contributed by atoms with Crippen LogP contribution < -0.4 is 0 Å². The maximum absolute atomic E-state index is 14.6. The van der Waals surface area contributed by atoms with Gasteiger partial charge in [0.25, 0.3) is 0 Å². The van der Waals surface area contributed by atoms with Gasteiger partial charge in [0.05, 0.1) is 73.4 Å². The third-order valence-electron chi connectivity index (χ3n) is 10.7. The molecule has 0 fully saturated rings. The molecule has 0 N–H and O–H groups in total. The van der Waals surface area contributed by atoms with Gasteiger partial charge in [0, 0.05) is 32.7 Å². The van der Waals surface area contributed by atoms with E-state index >= 15 is 0 Å². The van der Waals surface area contributed by atoms with E-state index in [2.05, 4.69) is 6.07 Å². The number of hydrogen-bond acceptors (Lipinski definition) is 2. The summed E-state index contributed by atoms with van der Waals surface area (Å²) in [4.78, 5) is 0. The van der Waals surface area contributed by atoms with Crippen molar-refractivity contribution in [2.75, 3.05) is 0 Å². The highest BCUT2D eigenvalue weighted by Crippen LogP contribution is 2.46. The van der Waals surface area contributed by atoms with Crippen molar-refractivity contribution in [2.24, 2.45) is 0 Å². The van der Waals surface area contributed by atoms with Crippen LogP contribution in [0.2, 0.25) is 0 Å². The zero-order valence-electron chi connectivity index (χ0n) is 30.5. The number of hydrogen-bond donors (Lipinski definition) is 0. The van der Waals surface area contributed by atoms with Gasteiger partial charge in [-0.2, -0.15) is 50.0 Å².